The summed E-state index contributed by atoms with van der Waals surface area (Å²) in [6, 6.07) is 21.3. The second-order valence-electron chi connectivity index (χ2n) is 8.52. The van der Waals surface area contributed by atoms with Gasteiger partial charge in [0.1, 0.15) is 0 Å². The van der Waals surface area contributed by atoms with Gasteiger partial charge in [-0.1, -0.05) is 80.4 Å². The summed E-state index contributed by atoms with van der Waals surface area (Å²) in [6.45, 7) is 0.131. The van der Waals surface area contributed by atoms with E-state index in [1.807, 2.05) is 48.5 Å². The van der Waals surface area contributed by atoms with Crippen LogP contribution in [0.1, 0.15) is 22.3 Å². The molecule has 5 aliphatic rings. The zero-order valence-corrected chi connectivity index (χ0v) is 19.7. The summed E-state index contributed by atoms with van der Waals surface area (Å²) >= 11 is 8.03. The molecule has 2 aliphatic heterocycles. The zero-order chi connectivity index (χ0) is 21.8. The first-order valence-electron chi connectivity index (χ1n) is 10.3. The number of imide groups is 1. The molecule has 8 rings (SSSR count). The number of nitrogens with zero attached hydrogens (tertiary/aromatic N) is 1. The molecule has 2 heterocycles. The fourth-order valence-corrected chi connectivity index (χ4v) is 8.25. The highest BCUT2D eigenvalue weighted by molar-refractivity contribution is 9.10. The first kappa shape index (κ1) is 18.9. The van der Waals surface area contributed by atoms with E-state index in [4.69, 9.17) is 9.47 Å². The Morgan fingerprint density at radius 1 is 0.719 bits per heavy atom. The lowest BCUT2D eigenvalue weighted by Gasteiger charge is -2.55. The van der Waals surface area contributed by atoms with E-state index in [1.54, 1.807) is 18.2 Å². The fourth-order valence-electron chi connectivity index (χ4n) is 5.95. The Labute approximate surface area is 200 Å². The summed E-state index contributed by atoms with van der Waals surface area (Å²) in [4.78, 5) is 29.3. The van der Waals surface area contributed by atoms with Crippen molar-refractivity contribution >= 4 is 49.4 Å². The van der Waals surface area contributed by atoms with Gasteiger partial charge in [-0.15, -0.1) is 0 Å². The van der Waals surface area contributed by atoms with E-state index >= 15 is 0 Å². The van der Waals surface area contributed by atoms with E-state index in [0.29, 0.717) is 17.2 Å². The largest absolute Gasteiger partial charge is 0.454 e. The SMILES string of the molecule is O=C1C2C(C(=O)N1c1ccc3c(c1)OCO3)C1(Br)c3ccccc3C2(Br)c2ccccc21. The molecule has 3 aliphatic carbocycles. The number of ether oxygens (including phenoxy) is 2. The molecule has 2 bridgehead atoms. The Hall–Kier alpha value is -2.64. The van der Waals surface area contributed by atoms with Crippen molar-refractivity contribution in [2.75, 3.05) is 11.7 Å². The number of benzene rings is 3. The zero-order valence-electron chi connectivity index (χ0n) is 16.5. The molecule has 0 aromatic heterocycles. The predicted molar refractivity (Wildman–Crippen MR) is 124 cm³/mol. The van der Waals surface area contributed by atoms with E-state index in [9.17, 15) is 9.59 Å². The van der Waals surface area contributed by atoms with Crippen molar-refractivity contribution in [1.29, 1.82) is 0 Å². The second-order valence-corrected chi connectivity index (χ2v) is 11.0. The van der Waals surface area contributed by atoms with Crippen molar-refractivity contribution in [1.82, 2.24) is 0 Å². The van der Waals surface area contributed by atoms with Crippen LogP contribution in [0.4, 0.5) is 5.69 Å². The van der Waals surface area contributed by atoms with Gasteiger partial charge < -0.3 is 9.47 Å². The van der Waals surface area contributed by atoms with Crippen LogP contribution in [0.15, 0.2) is 66.7 Å². The molecule has 7 heteroatoms. The summed E-state index contributed by atoms with van der Waals surface area (Å²) < 4.78 is 9.31. The number of fused-ring (bicyclic) bond motifs is 1. The number of carbonyl (C=O) groups excluding carboxylic acids is 2. The highest BCUT2D eigenvalue weighted by Gasteiger charge is 2.72. The molecule has 0 N–H and O–H groups in total. The molecule has 32 heavy (non-hydrogen) atoms. The third kappa shape index (κ3) is 1.97. The van der Waals surface area contributed by atoms with Gasteiger partial charge in [0.2, 0.25) is 18.6 Å². The maximum atomic E-state index is 14.0. The number of hydrogen-bond donors (Lipinski definition) is 0. The molecule has 2 amide bonds. The quantitative estimate of drug-likeness (QED) is 0.321. The minimum absolute atomic E-state index is 0.131. The molecular formula is C25H15Br2NO4. The van der Waals surface area contributed by atoms with Crippen LogP contribution in [-0.2, 0) is 18.2 Å². The third-order valence-corrected chi connectivity index (χ3v) is 9.89. The Morgan fingerprint density at radius 2 is 1.19 bits per heavy atom. The smallest absolute Gasteiger partial charge is 0.239 e. The van der Waals surface area contributed by atoms with Gasteiger partial charge in [0.15, 0.2) is 11.5 Å². The minimum atomic E-state index is -0.793. The molecule has 0 spiro atoms. The van der Waals surface area contributed by atoms with Crippen LogP contribution in [0.25, 0.3) is 0 Å². The lowest BCUT2D eigenvalue weighted by Crippen LogP contribution is -2.56. The van der Waals surface area contributed by atoms with Crippen LogP contribution >= 0.6 is 31.9 Å². The van der Waals surface area contributed by atoms with Crippen molar-refractivity contribution in [3.05, 3.63) is 89.0 Å². The summed E-state index contributed by atoms with van der Waals surface area (Å²) in [5.74, 6) is -0.477. The van der Waals surface area contributed by atoms with Gasteiger partial charge in [0.25, 0.3) is 0 Å². The van der Waals surface area contributed by atoms with E-state index in [2.05, 4.69) is 31.9 Å². The lowest BCUT2D eigenvalue weighted by atomic mass is 9.54. The molecule has 2 unspecified atom stereocenters. The lowest BCUT2D eigenvalue weighted by molar-refractivity contribution is -0.122. The molecule has 3 aromatic rings. The van der Waals surface area contributed by atoms with Crippen LogP contribution in [0.2, 0.25) is 0 Å². The number of amides is 2. The van der Waals surface area contributed by atoms with Gasteiger partial charge in [-0.3, -0.25) is 9.59 Å². The highest BCUT2D eigenvalue weighted by Crippen LogP contribution is 2.70. The monoisotopic (exact) mass is 551 g/mol. The van der Waals surface area contributed by atoms with Gasteiger partial charge >= 0.3 is 0 Å². The van der Waals surface area contributed by atoms with Crippen LogP contribution in [0, 0.1) is 11.8 Å². The molecule has 0 radical (unpaired) electrons. The van der Waals surface area contributed by atoms with Crippen LogP contribution in [-0.4, -0.2) is 18.6 Å². The van der Waals surface area contributed by atoms with Crippen molar-refractivity contribution in [2.45, 2.75) is 8.65 Å². The predicted octanol–water partition coefficient (Wildman–Crippen LogP) is 4.83. The van der Waals surface area contributed by atoms with Crippen LogP contribution in [0.3, 0.4) is 0 Å². The average molecular weight is 553 g/mol. The summed E-state index contributed by atoms with van der Waals surface area (Å²) in [5.41, 5.74) is 4.57. The number of hydrogen-bond acceptors (Lipinski definition) is 4. The van der Waals surface area contributed by atoms with E-state index < -0.39 is 20.5 Å². The number of halogens is 2. The molecule has 0 saturated carbocycles. The van der Waals surface area contributed by atoms with Gasteiger partial charge in [-0.25, -0.2) is 4.90 Å². The molecule has 1 fully saturated rings. The normalized spacial score (nSPS) is 30.9. The summed E-state index contributed by atoms with van der Waals surface area (Å²) in [5, 5.41) is 0. The standard InChI is InChI=1S/C25H15Br2NO4/c26-24-14-5-1-2-6-15(14)25(27,17-8-4-3-7-16(17)24)21-20(24)22(29)28(23(21)30)13-9-10-18-19(11-13)32-12-31-18/h1-11,20-21H,12H2. The summed E-state index contributed by atoms with van der Waals surface area (Å²) in [7, 11) is 0. The van der Waals surface area contributed by atoms with Gasteiger partial charge in [0.05, 0.1) is 26.2 Å². The molecular weight excluding hydrogens is 538 g/mol. The van der Waals surface area contributed by atoms with Crippen molar-refractivity contribution in [3.63, 3.8) is 0 Å². The van der Waals surface area contributed by atoms with E-state index in [1.165, 1.54) is 4.90 Å². The molecule has 1 saturated heterocycles. The Bertz CT molecular complexity index is 1250. The topological polar surface area (TPSA) is 55.8 Å². The number of anilines is 1. The molecule has 158 valence electrons. The number of alkyl halides is 2. The third-order valence-electron chi connectivity index (χ3n) is 7.20. The van der Waals surface area contributed by atoms with Crippen molar-refractivity contribution in [3.8, 4) is 11.5 Å². The van der Waals surface area contributed by atoms with E-state index in [0.717, 1.165) is 22.3 Å². The van der Waals surface area contributed by atoms with Crippen LogP contribution in [0.5, 0.6) is 11.5 Å². The Balaban J connectivity index is 1.49. The molecule has 2 atom stereocenters. The van der Waals surface area contributed by atoms with Crippen molar-refractivity contribution in [2.24, 2.45) is 11.8 Å². The first-order chi connectivity index (χ1) is 15.5. The van der Waals surface area contributed by atoms with Gasteiger partial charge in [0, 0.05) is 6.07 Å². The van der Waals surface area contributed by atoms with Crippen molar-refractivity contribution < 1.29 is 19.1 Å². The Kier molecular flexibility index (Phi) is 3.56. The maximum Gasteiger partial charge on any atom is 0.239 e. The number of rotatable bonds is 1. The maximum absolute atomic E-state index is 14.0. The van der Waals surface area contributed by atoms with Gasteiger partial charge in [-0.05, 0) is 34.4 Å². The highest BCUT2D eigenvalue weighted by atomic mass is 79.9. The van der Waals surface area contributed by atoms with Gasteiger partial charge in [-0.2, -0.15) is 0 Å². The molecule has 3 aromatic carbocycles. The Morgan fingerprint density at radius 3 is 1.69 bits per heavy atom. The molecule has 5 nitrogen and oxygen atoms in total. The summed E-state index contributed by atoms with van der Waals surface area (Å²) in [6.07, 6.45) is 0. The average Bonchev–Trinajstić information content (AvgIpc) is 3.39. The van der Waals surface area contributed by atoms with Crippen LogP contribution < -0.4 is 14.4 Å². The first-order valence-corrected chi connectivity index (χ1v) is 11.9. The fraction of sp³-hybridized carbons (Fsp3) is 0.200. The number of carbonyl (C=O) groups is 2. The second kappa shape index (κ2) is 6.02. The minimum Gasteiger partial charge on any atom is -0.454 e. The van der Waals surface area contributed by atoms with E-state index in [-0.39, 0.29) is 18.6 Å².